The average molecular weight is 266 g/mol. The number of methoxy groups -OCH3 is 2. The Labute approximate surface area is 114 Å². The monoisotopic (exact) mass is 266 g/mol. The van der Waals surface area contributed by atoms with E-state index in [0.717, 1.165) is 0 Å². The van der Waals surface area contributed by atoms with Crippen LogP contribution in [0.3, 0.4) is 0 Å². The summed E-state index contributed by atoms with van der Waals surface area (Å²) in [5.41, 5.74) is 6.82. The van der Waals surface area contributed by atoms with Crippen molar-refractivity contribution in [1.82, 2.24) is 4.90 Å². The Bertz CT molecular complexity index is 435. The number of anilines is 1. The highest BCUT2D eigenvalue weighted by Gasteiger charge is 2.20. The highest BCUT2D eigenvalue weighted by atomic mass is 16.5. The number of nitrogens with two attached hydrogens (primary N) is 1. The zero-order valence-electron chi connectivity index (χ0n) is 12.0. The first kappa shape index (κ1) is 15.3. The van der Waals surface area contributed by atoms with Crippen LogP contribution in [0.1, 0.15) is 24.2 Å². The van der Waals surface area contributed by atoms with Crippen LogP contribution in [0, 0.1) is 0 Å². The molecule has 0 aliphatic rings. The second kappa shape index (κ2) is 6.99. The zero-order chi connectivity index (χ0) is 14.4. The highest BCUT2D eigenvalue weighted by molar-refractivity contribution is 5.95. The largest absolute Gasteiger partial charge is 0.497 e. The molecule has 0 saturated heterocycles. The van der Waals surface area contributed by atoms with Crippen LogP contribution in [-0.2, 0) is 4.74 Å². The molecule has 1 rings (SSSR count). The summed E-state index contributed by atoms with van der Waals surface area (Å²) < 4.78 is 10.2. The summed E-state index contributed by atoms with van der Waals surface area (Å²) in [5.74, 6) is 0.511. The first-order chi connectivity index (χ1) is 9.03. The molecular formula is C14H22N2O3. The van der Waals surface area contributed by atoms with Gasteiger partial charge >= 0.3 is 0 Å². The summed E-state index contributed by atoms with van der Waals surface area (Å²) in [5, 5.41) is 0. The maximum atomic E-state index is 12.5. The van der Waals surface area contributed by atoms with Crippen LogP contribution in [0.15, 0.2) is 18.2 Å². The van der Waals surface area contributed by atoms with Gasteiger partial charge in [0, 0.05) is 31.0 Å². The number of hydrogen-bond acceptors (Lipinski definition) is 4. The molecule has 0 spiro atoms. The van der Waals surface area contributed by atoms with Crippen molar-refractivity contribution >= 4 is 11.6 Å². The van der Waals surface area contributed by atoms with E-state index in [0.29, 0.717) is 30.2 Å². The fraction of sp³-hybridized carbons (Fsp3) is 0.500. The Hall–Kier alpha value is -1.75. The van der Waals surface area contributed by atoms with Crippen LogP contribution in [0.25, 0.3) is 0 Å². The van der Waals surface area contributed by atoms with Crippen molar-refractivity contribution in [2.24, 2.45) is 0 Å². The number of carbonyl (C=O) groups excluding carboxylic acids is 1. The van der Waals surface area contributed by atoms with Gasteiger partial charge in [-0.25, -0.2) is 0 Å². The molecular weight excluding hydrogens is 244 g/mol. The number of carbonyl (C=O) groups is 1. The van der Waals surface area contributed by atoms with Crippen LogP contribution in [0.2, 0.25) is 0 Å². The number of likely N-dealkylation sites (N-methyl/N-ethyl adjacent to an activating group) is 1. The number of nitrogens with zero attached hydrogens (tertiary/aromatic N) is 1. The lowest BCUT2D eigenvalue weighted by atomic mass is 10.1. The maximum absolute atomic E-state index is 12.5. The molecule has 5 nitrogen and oxygen atoms in total. The van der Waals surface area contributed by atoms with Crippen LogP contribution in [-0.4, -0.2) is 44.2 Å². The lowest BCUT2D eigenvalue weighted by molar-refractivity contribution is 0.0579. The Morgan fingerprint density at radius 1 is 1.37 bits per heavy atom. The van der Waals surface area contributed by atoms with Crippen LogP contribution in [0.4, 0.5) is 5.69 Å². The van der Waals surface area contributed by atoms with Crippen LogP contribution in [0.5, 0.6) is 5.75 Å². The molecule has 0 aliphatic heterocycles. The topological polar surface area (TPSA) is 64.8 Å². The van der Waals surface area contributed by atoms with Gasteiger partial charge in [0.2, 0.25) is 0 Å². The molecule has 5 heteroatoms. The predicted molar refractivity (Wildman–Crippen MR) is 75.5 cm³/mol. The van der Waals surface area contributed by atoms with Gasteiger partial charge in [0.05, 0.1) is 19.8 Å². The quantitative estimate of drug-likeness (QED) is 0.797. The van der Waals surface area contributed by atoms with E-state index in [4.69, 9.17) is 15.2 Å². The van der Waals surface area contributed by atoms with Crippen LogP contribution >= 0.6 is 0 Å². The number of amides is 1. The smallest absolute Gasteiger partial charge is 0.254 e. The Kier molecular flexibility index (Phi) is 5.63. The molecule has 0 aliphatic carbocycles. The normalized spacial score (nSPS) is 12.0. The third kappa shape index (κ3) is 3.86. The lowest BCUT2D eigenvalue weighted by Gasteiger charge is -2.27. The molecule has 0 heterocycles. The van der Waals surface area contributed by atoms with Crippen molar-refractivity contribution in [3.05, 3.63) is 23.8 Å². The molecule has 0 fully saturated rings. The van der Waals surface area contributed by atoms with Crippen molar-refractivity contribution in [1.29, 1.82) is 0 Å². The van der Waals surface area contributed by atoms with Crippen molar-refractivity contribution < 1.29 is 14.3 Å². The van der Waals surface area contributed by atoms with Crippen LogP contribution < -0.4 is 10.5 Å². The van der Waals surface area contributed by atoms with Crippen molar-refractivity contribution in [3.63, 3.8) is 0 Å². The predicted octanol–water partition coefficient (Wildman–Crippen LogP) is 1.77. The molecule has 19 heavy (non-hydrogen) atoms. The number of ether oxygens (including phenoxy) is 2. The van der Waals surface area contributed by atoms with Gasteiger partial charge in [0.15, 0.2) is 0 Å². The lowest BCUT2D eigenvalue weighted by Crippen LogP contribution is -2.40. The summed E-state index contributed by atoms with van der Waals surface area (Å²) in [4.78, 5) is 14.2. The van der Waals surface area contributed by atoms with Gasteiger partial charge in [-0.2, -0.15) is 0 Å². The number of nitrogen functional groups attached to an aromatic ring is 1. The van der Waals surface area contributed by atoms with E-state index in [2.05, 4.69) is 0 Å². The SMILES string of the molecule is CCN(C(=O)c1cc(N)cc(OC)c1)C(C)COC. The number of benzene rings is 1. The number of rotatable bonds is 6. The first-order valence-corrected chi connectivity index (χ1v) is 6.27. The molecule has 0 saturated carbocycles. The van der Waals surface area contributed by atoms with Gasteiger partial charge in [-0.15, -0.1) is 0 Å². The average Bonchev–Trinajstić information content (AvgIpc) is 2.39. The summed E-state index contributed by atoms with van der Waals surface area (Å²) in [6.45, 7) is 5.00. The molecule has 0 bridgehead atoms. The Morgan fingerprint density at radius 3 is 2.58 bits per heavy atom. The van der Waals surface area contributed by atoms with Gasteiger partial charge in [0.1, 0.15) is 5.75 Å². The van der Waals surface area contributed by atoms with E-state index in [9.17, 15) is 4.79 Å². The zero-order valence-corrected chi connectivity index (χ0v) is 12.0. The fourth-order valence-corrected chi connectivity index (χ4v) is 2.02. The minimum Gasteiger partial charge on any atom is -0.497 e. The summed E-state index contributed by atoms with van der Waals surface area (Å²) >= 11 is 0. The standard InChI is InChI=1S/C14H22N2O3/c1-5-16(10(2)9-18-3)14(17)11-6-12(15)8-13(7-11)19-4/h6-8,10H,5,9,15H2,1-4H3. The fourth-order valence-electron chi connectivity index (χ4n) is 2.02. The minimum absolute atomic E-state index is 0.00919. The summed E-state index contributed by atoms with van der Waals surface area (Å²) in [6, 6.07) is 5.05. The third-order valence-electron chi connectivity index (χ3n) is 2.95. The van der Waals surface area contributed by atoms with E-state index in [1.165, 1.54) is 0 Å². The van der Waals surface area contributed by atoms with Gasteiger partial charge in [-0.05, 0) is 26.0 Å². The van der Waals surface area contributed by atoms with E-state index in [1.807, 2.05) is 13.8 Å². The third-order valence-corrected chi connectivity index (χ3v) is 2.95. The van der Waals surface area contributed by atoms with E-state index >= 15 is 0 Å². The van der Waals surface area contributed by atoms with E-state index in [-0.39, 0.29) is 11.9 Å². The summed E-state index contributed by atoms with van der Waals surface area (Å²) in [7, 11) is 3.17. The van der Waals surface area contributed by atoms with E-state index in [1.54, 1.807) is 37.3 Å². The second-order valence-electron chi connectivity index (χ2n) is 4.39. The van der Waals surface area contributed by atoms with E-state index < -0.39 is 0 Å². The molecule has 2 N–H and O–H groups in total. The molecule has 106 valence electrons. The summed E-state index contributed by atoms with van der Waals surface area (Å²) in [6.07, 6.45) is 0. The van der Waals surface area contributed by atoms with Crippen molar-refractivity contribution in [3.8, 4) is 5.75 Å². The van der Waals surface area contributed by atoms with Gasteiger partial charge in [0.25, 0.3) is 5.91 Å². The molecule has 1 unspecified atom stereocenters. The molecule has 0 radical (unpaired) electrons. The second-order valence-corrected chi connectivity index (χ2v) is 4.39. The maximum Gasteiger partial charge on any atom is 0.254 e. The minimum atomic E-state index is -0.0716. The molecule has 1 amide bonds. The Balaban J connectivity index is 3.00. The molecule has 1 aromatic rings. The van der Waals surface area contributed by atoms with Gasteiger partial charge in [-0.1, -0.05) is 0 Å². The van der Waals surface area contributed by atoms with Crippen molar-refractivity contribution in [2.45, 2.75) is 19.9 Å². The van der Waals surface area contributed by atoms with Crippen molar-refractivity contribution in [2.75, 3.05) is 33.1 Å². The molecule has 1 atom stereocenters. The van der Waals surface area contributed by atoms with Gasteiger partial charge < -0.3 is 20.1 Å². The van der Waals surface area contributed by atoms with Gasteiger partial charge in [-0.3, -0.25) is 4.79 Å². The first-order valence-electron chi connectivity index (χ1n) is 6.27. The molecule has 0 aromatic heterocycles. The Morgan fingerprint density at radius 2 is 2.05 bits per heavy atom. The number of hydrogen-bond donors (Lipinski definition) is 1. The molecule has 1 aromatic carbocycles. The highest BCUT2D eigenvalue weighted by Crippen LogP contribution is 2.20.